The maximum absolute atomic E-state index is 11.8. The molecule has 0 aliphatic heterocycles. The Labute approximate surface area is 126 Å². The van der Waals surface area contributed by atoms with Crippen molar-refractivity contribution in [3.8, 4) is 0 Å². The molecule has 0 aliphatic carbocycles. The fourth-order valence-corrected chi connectivity index (χ4v) is 2.05. The number of anilines is 1. The average Bonchev–Trinajstić information content (AvgIpc) is 2.80. The number of nitrogens with zero attached hydrogens (tertiary/aromatic N) is 3. The summed E-state index contributed by atoms with van der Waals surface area (Å²) in [4.78, 5) is 11.8. The number of benzene rings is 1. The fraction of sp³-hybridized carbons (Fsp3) is 0.250. The van der Waals surface area contributed by atoms with Crippen LogP contribution in [-0.4, -0.2) is 27.2 Å². The molecule has 6 nitrogen and oxygen atoms in total. The summed E-state index contributed by atoms with van der Waals surface area (Å²) in [6, 6.07) is 5.04. The van der Waals surface area contributed by atoms with Gasteiger partial charge in [-0.1, -0.05) is 29.3 Å². The quantitative estimate of drug-likeness (QED) is 0.883. The van der Waals surface area contributed by atoms with Crippen molar-refractivity contribution >= 4 is 34.8 Å². The largest absolute Gasteiger partial charge is 0.322 e. The lowest BCUT2D eigenvalue weighted by Gasteiger charge is -2.09. The van der Waals surface area contributed by atoms with E-state index in [1.165, 1.54) is 0 Å². The summed E-state index contributed by atoms with van der Waals surface area (Å²) in [5.74, 6) is 0.510. The molecular weight excluding hydrogens is 301 g/mol. The Morgan fingerprint density at radius 3 is 2.65 bits per heavy atom. The topological polar surface area (TPSA) is 71.8 Å². The van der Waals surface area contributed by atoms with Crippen LogP contribution in [-0.2, 0) is 18.4 Å². The third kappa shape index (κ3) is 3.69. The van der Waals surface area contributed by atoms with Gasteiger partial charge in [-0.2, -0.15) is 0 Å². The van der Waals surface area contributed by atoms with Gasteiger partial charge in [-0.3, -0.25) is 4.79 Å². The first-order valence-corrected chi connectivity index (χ1v) is 6.61. The number of hydrogen-bond acceptors (Lipinski definition) is 4. The van der Waals surface area contributed by atoms with Gasteiger partial charge in [0.1, 0.15) is 12.2 Å². The van der Waals surface area contributed by atoms with Gasteiger partial charge in [0.15, 0.2) is 0 Å². The summed E-state index contributed by atoms with van der Waals surface area (Å²) in [5.41, 5.74) is 0.418. The Hall–Kier alpha value is -1.63. The zero-order valence-electron chi connectivity index (χ0n) is 10.7. The lowest BCUT2D eigenvalue weighted by atomic mass is 10.3. The highest BCUT2D eigenvalue weighted by atomic mass is 35.5. The van der Waals surface area contributed by atoms with Gasteiger partial charge in [0.05, 0.1) is 28.8 Å². The van der Waals surface area contributed by atoms with Crippen molar-refractivity contribution in [2.24, 2.45) is 7.05 Å². The molecule has 8 heteroatoms. The molecule has 0 fully saturated rings. The third-order valence-electron chi connectivity index (χ3n) is 2.60. The number of carbonyl (C=O) groups excluding carboxylic acids is 1. The van der Waals surface area contributed by atoms with Crippen LogP contribution in [0.25, 0.3) is 0 Å². The summed E-state index contributed by atoms with van der Waals surface area (Å²) in [5, 5.41) is 14.1. The number of hydrogen-bond donors (Lipinski definition) is 2. The van der Waals surface area contributed by atoms with Crippen LogP contribution in [0.1, 0.15) is 5.82 Å². The van der Waals surface area contributed by atoms with Crippen molar-refractivity contribution < 1.29 is 4.79 Å². The van der Waals surface area contributed by atoms with E-state index >= 15 is 0 Å². The summed E-state index contributed by atoms with van der Waals surface area (Å²) in [7, 11) is 1.83. The van der Waals surface area contributed by atoms with Crippen LogP contribution < -0.4 is 10.6 Å². The highest BCUT2D eigenvalue weighted by molar-refractivity contribution is 6.39. The Bertz CT molecular complexity index is 593. The van der Waals surface area contributed by atoms with Crippen LogP contribution in [0.5, 0.6) is 0 Å². The van der Waals surface area contributed by atoms with Gasteiger partial charge in [0.25, 0.3) is 0 Å². The van der Waals surface area contributed by atoms with Crippen LogP contribution in [0.2, 0.25) is 10.0 Å². The second-order valence-corrected chi connectivity index (χ2v) is 4.92. The molecule has 1 aromatic carbocycles. The average molecular weight is 314 g/mol. The Balaban J connectivity index is 1.85. The van der Waals surface area contributed by atoms with Crippen LogP contribution in [0.15, 0.2) is 24.5 Å². The Morgan fingerprint density at radius 1 is 1.35 bits per heavy atom. The normalized spacial score (nSPS) is 10.6. The van der Waals surface area contributed by atoms with Gasteiger partial charge in [0.2, 0.25) is 5.91 Å². The zero-order valence-corrected chi connectivity index (χ0v) is 12.2. The molecule has 106 valence electrons. The maximum Gasteiger partial charge on any atom is 0.238 e. The number of aromatic nitrogens is 3. The molecule has 2 aromatic rings. The Kier molecular flexibility index (Phi) is 4.94. The summed E-state index contributed by atoms with van der Waals surface area (Å²) >= 11 is 11.9. The molecule has 0 atom stereocenters. The number of para-hydroxylation sites is 1. The monoisotopic (exact) mass is 313 g/mol. The molecule has 1 aromatic heterocycles. The maximum atomic E-state index is 11.8. The fourth-order valence-electron chi connectivity index (χ4n) is 1.56. The predicted molar refractivity (Wildman–Crippen MR) is 77.8 cm³/mol. The molecule has 0 saturated carbocycles. The minimum Gasteiger partial charge on any atom is -0.322 e. The van der Waals surface area contributed by atoms with Gasteiger partial charge in [0, 0.05) is 7.05 Å². The van der Waals surface area contributed by atoms with E-state index in [1.807, 2.05) is 7.05 Å². The lowest BCUT2D eigenvalue weighted by molar-refractivity contribution is -0.115. The molecule has 0 unspecified atom stereocenters. The van der Waals surface area contributed by atoms with E-state index in [9.17, 15) is 4.79 Å². The number of halogens is 2. The zero-order chi connectivity index (χ0) is 14.5. The van der Waals surface area contributed by atoms with Crippen LogP contribution in [0.4, 0.5) is 5.69 Å². The van der Waals surface area contributed by atoms with Gasteiger partial charge < -0.3 is 15.2 Å². The molecule has 0 spiro atoms. The summed E-state index contributed by atoms with van der Waals surface area (Å²) in [6.45, 7) is 0.564. The lowest BCUT2D eigenvalue weighted by Crippen LogP contribution is -2.28. The number of rotatable bonds is 5. The molecule has 20 heavy (non-hydrogen) atoms. The van der Waals surface area contributed by atoms with E-state index in [0.717, 1.165) is 5.82 Å². The first kappa shape index (κ1) is 14.8. The minimum atomic E-state index is -0.234. The highest BCUT2D eigenvalue weighted by Crippen LogP contribution is 2.29. The van der Waals surface area contributed by atoms with Crippen molar-refractivity contribution in [3.05, 3.63) is 40.4 Å². The molecule has 2 N–H and O–H groups in total. The van der Waals surface area contributed by atoms with E-state index in [1.54, 1.807) is 29.1 Å². The van der Waals surface area contributed by atoms with Gasteiger partial charge in [-0.25, -0.2) is 0 Å². The summed E-state index contributed by atoms with van der Waals surface area (Å²) in [6.07, 6.45) is 1.60. The van der Waals surface area contributed by atoms with E-state index in [0.29, 0.717) is 22.3 Å². The van der Waals surface area contributed by atoms with Crippen LogP contribution >= 0.6 is 23.2 Å². The van der Waals surface area contributed by atoms with E-state index in [2.05, 4.69) is 20.8 Å². The van der Waals surface area contributed by atoms with Crippen LogP contribution in [0.3, 0.4) is 0 Å². The van der Waals surface area contributed by atoms with E-state index in [-0.39, 0.29) is 12.5 Å². The number of amides is 1. The predicted octanol–water partition coefficient (Wildman–Crippen LogP) is 1.85. The molecule has 0 aliphatic rings. The molecule has 1 amide bonds. The van der Waals surface area contributed by atoms with Crippen molar-refractivity contribution in [2.45, 2.75) is 6.54 Å². The van der Waals surface area contributed by atoms with Crippen molar-refractivity contribution in [1.29, 1.82) is 0 Å². The van der Waals surface area contributed by atoms with Crippen molar-refractivity contribution in [2.75, 3.05) is 11.9 Å². The number of aryl methyl sites for hydroxylation is 1. The van der Waals surface area contributed by atoms with E-state index in [4.69, 9.17) is 23.2 Å². The van der Waals surface area contributed by atoms with Gasteiger partial charge in [-0.05, 0) is 12.1 Å². The number of nitrogens with one attached hydrogen (secondary N) is 2. The molecule has 2 rings (SSSR count). The van der Waals surface area contributed by atoms with Crippen molar-refractivity contribution in [1.82, 2.24) is 20.1 Å². The smallest absolute Gasteiger partial charge is 0.238 e. The van der Waals surface area contributed by atoms with E-state index < -0.39 is 0 Å². The van der Waals surface area contributed by atoms with Crippen LogP contribution in [0, 0.1) is 0 Å². The first-order chi connectivity index (χ1) is 9.58. The third-order valence-corrected chi connectivity index (χ3v) is 3.23. The minimum absolute atomic E-state index is 0.119. The highest BCUT2D eigenvalue weighted by Gasteiger charge is 2.09. The second kappa shape index (κ2) is 6.69. The molecule has 0 saturated heterocycles. The van der Waals surface area contributed by atoms with Crippen molar-refractivity contribution in [3.63, 3.8) is 0 Å². The Morgan fingerprint density at radius 2 is 2.05 bits per heavy atom. The molecule has 1 heterocycles. The van der Waals surface area contributed by atoms with Gasteiger partial charge >= 0.3 is 0 Å². The standard InChI is InChI=1S/C12H13Cl2N5O/c1-19-7-16-18-10(19)5-15-6-11(20)17-12-8(13)3-2-4-9(12)14/h2-4,7,15H,5-6H2,1H3,(H,17,20). The number of carbonyl (C=O) groups is 1. The van der Waals surface area contributed by atoms with Gasteiger partial charge in [-0.15, -0.1) is 10.2 Å². The second-order valence-electron chi connectivity index (χ2n) is 4.11. The molecular formula is C12H13Cl2N5O. The molecule has 0 radical (unpaired) electrons. The SMILES string of the molecule is Cn1cnnc1CNCC(=O)Nc1c(Cl)cccc1Cl. The first-order valence-electron chi connectivity index (χ1n) is 5.85. The molecule has 0 bridgehead atoms. The summed E-state index contributed by atoms with van der Waals surface area (Å²) < 4.78 is 1.77.